The molecule has 2 fully saturated rings. The van der Waals surface area contributed by atoms with Gasteiger partial charge < -0.3 is 15.0 Å². The zero-order valence-electron chi connectivity index (χ0n) is 16.6. The average Bonchev–Trinajstić information content (AvgIpc) is 3.29. The quantitative estimate of drug-likeness (QED) is 0.627. The zero-order chi connectivity index (χ0) is 18.4. The van der Waals surface area contributed by atoms with Gasteiger partial charge in [-0.15, -0.1) is 0 Å². The minimum absolute atomic E-state index is 0.0578. The van der Waals surface area contributed by atoms with E-state index in [0.29, 0.717) is 12.6 Å². The van der Waals surface area contributed by atoms with E-state index in [4.69, 9.17) is 9.73 Å². The minimum atomic E-state index is 0.0578. The van der Waals surface area contributed by atoms with Gasteiger partial charge in [0.2, 0.25) is 0 Å². The Kier molecular flexibility index (Phi) is 6.78. The van der Waals surface area contributed by atoms with Gasteiger partial charge in [-0.2, -0.15) is 0 Å². The molecule has 2 unspecified atom stereocenters. The molecule has 5 nitrogen and oxygen atoms in total. The second-order valence-corrected chi connectivity index (χ2v) is 7.57. The number of hydrogen-bond acceptors (Lipinski definition) is 3. The van der Waals surface area contributed by atoms with Crippen LogP contribution in [-0.4, -0.2) is 67.2 Å². The fraction of sp³-hybridized carbons (Fsp3) is 0.667. The Balaban J connectivity index is 1.54. The Morgan fingerprint density at radius 3 is 2.85 bits per heavy atom. The Morgan fingerprint density at radius 1 is 1.31 bits per heavy atom. The molecular formula is C21H34N4O. The molecule has 0 aromatic heterocycles. The topological polar surface area (TPSA) is 40.1 Å². The molecule has 2 heterocycles. The van der Waals surface area contributed by atoms with Crippen LogP contribution in [0.3, 0.4) is 0 Å². The van der Waals surface area contributed by atoms with Crippen LogP contribution in [-0.2, 0) is 0 Å². The number of rotatable bonds is 6. The summed E-state index contributed by atoms with van der Waals surface area (Å²) in [5.74, 6) is 1.96. The van der Waals surface area contributed by atoms with Gasteiger partial charge in [0.25, 0.3) is 0 Å². The van der Waals surface area contributed by atoms with Gasteiger partial charge in [-0.1, -0.05) is 12.1 Å². The van der Waals surface area contributed by atoms with E-state index in [2.05, 4.69) is 48.0 Å². The van der Waals surface area contributed by atoms with Crippen molar-refractivity contribution < 1.29 is 4.74 Å². The lowest BCUT2D eigenvalue weighted by Gasteiger charge is -2.25. The van der Waals surface area contributed by atoms with Crippen molar-refractivity contribution in [2.45, 2.75) is 52.2 Å². The third-order valence-corrected chi connectivity index (χ3v) is 5.28. The normalized spacial score (nSPS) is 22.7. The molecule has 0 saturated carbocycles. The number of ether oxygens (including phenoxy) is 1. The summed E-state index contributed by atoms with van der Waals surface area (Å²) in [5, 5.41) is 3.47. The van der Waals surface area contributed by atoms with Crippen molar-refractivity contribution in [3.63, 3.8) is 0 Å². The van der Waals surface area contributed by atoms with Gasteiger partial charge in [0.15, 0.2) is 5.96 Å². The second-order valence-electron chi connectivity index (χ2n) is 7.57. The van der Waals surface area contributed by atoms with E-state index in [1.807, 2.05) is 12.1 Å². The van der Waals surface area contributed by atoms with Gasteiger partial charge in [0.1, 0.15) is 11.9 Å². The molecule has 144 valence electrons. The lowest BCUT2D eigenvalue weighted by atomic mass is 10.2. The summed E-state index contributed by atoms with van der Waals surface area (Å²) in [6.07, 6.45) is 4.03. The van der Waals surface area contributed by atoms with Crippen molar-refractivity contribution >= 4 is 5.96 Å². The zero-order valence-corrected chi connectivity index (χ0v) is 16.6. The smallest absolute Gasteiger partial charge is 0.194 e. The summed E-state index contributed by atoms with van der Waals surface area (Å²) < 4.78 is 6.03. The summed E-state index contributed by atoms with van der Waals surface area (Å²) in [4.78, 5) is 9.95. The lowest BCUT2D eigenvalue weighted by Crippen LogP contribution is -2.43. The van der Waals surface area contributed by atoms with E-state index in [9.17, 15) is 0 Å². The van der Waals surface area contributed by atoms with Crippen LogP contribution >= 0.6 is 0 Å². The van der Waals surface area contributed by atoms with Crippen molar-refractivity contribution in [1.82, 2.24) is 15.1 Å². The van der Waals surface area contributed by atoms with Crippen LogP contribution in [0, 0.1) is 6.92 Å². The number of guanidine groups is 1. The standard InChI is InChI=1S/C21H34N4O/c1-4-22-21(25-13-10-19(16-25)24-11-5-6-12-24)23-15-18(3)26-20-9-7-8-17(2)14-20/h7-9,14,18-19H,4-6,10-13,15-16H2,1-3H3,(H,22,23). The molecule has 0 radical (unpaired) electrons. The fourth-order valence-corrected chi connectivity index (χ4v) is 3.94. The maximum atomic E-state index is 6.03. The van der Waals surface area contributed by atoms with Crippen LogP contribution < -0.4 is 10.1 Å². The van der Waals surface area contributed by atoms with Crippen molar-refractivity contribution in [1.29, 1.82) is 0 Å². The Labute approximate surface area is 158 Å². The van der Waals surface area contributed by atoms with E-state index in [-0.39, 0.29) is 6.10 Å². The SMILES string of the molecule is CCNC(=NCC(C)Oc1cccc(C)c1)N1CCC(N2CCCC2)C1. The molecule has 1 N–H and O–H groups in total. The number of nitrogens with zero attached hydrogens (tertiary/aromatic N) is 3. The number of hydrogen-bond donors (Lipinski definition) is 1. The predicted molar refractivity (Wildman–Crippen MR) is 108 cm³/mol. The van der Waals surface area contributed by atoms with Crippen LogP contribution in [0.2, 0.25) is 0 Å². The maximum absolute atomic E-state index is 6.03. The second kappa shape index (κ2) is 9.26. The summed E-state index contributed by atoms with van der Waals surface area (Å²) in [6.45, 7) is 12.6. The molecule has 0 aliphatic carbocycles. The molecule has 26 heavy (non-hydrogen) atoms. The van der Waals surface area contributed by atoms with Gasteiger partial charge in [-0.3, -0.25) is 4.90 Å². The highest BCUT2D eigenvalue weighted by Gasteiger charge is 2.30. The van der Waals surface area contributed by atoms with Crippen molar-refractivity contribution in [3.8, 4) is 5.75 Å². The highest BCUT2D eigenvalue weighted by Crippen LogP contribution is 2.20. The minimum Gasteiger partial charge on any atom is -0.489 e. The Morgan fingerprint density at radius 2 is 2.12 bits per heavy atom. The molecule has 2 aliphatic heterocycles. The monoisotopic (exact) mass is 358 g/mol. The molecule has 2 saturated heterocycles. The van der Waals surface area contributed by atoms with Gasteiger partial charge in [-0.05, 0) is 70.8 Å². The van der Waals surface area contributed by atoms with Gasteiger partial charge in [-0.25, -0.2) is 4.99 Å². The van der Waals surface area contributed by atoms with Crippen molar-refractivity contribution in [2.24, 2.45) is 4.99 Å². The lowest BCUT2D eigenvalue weighted by molar-refractivity contribution is 0.229. The molecule has 2 aliphatic rings. The molecule has 0 bridgehead atoms. The van der Waals surface area contributed by atoms with E-state index in [0.717, 1.165) is 31.3 Å². The number of aliphatic imine (C=N–C) groups is 1. The summed E-state index contributed by atoms with van der Waals surface area (Å²) in [6, 6.07) is 8.91. The molecule has 2 atom stereocenters. The molecule has 1 aromatic rings. The molecule has 0 amide bonds. The third-order valence-electron chi connectivity index (χ3n) is 5.28. The van der Waals surface area contributed by atoms with Crippen LogP contribution in [0.4, 0.5) is 0 Å². The molecule has 0 spiro atoms. The van der Waals surface area contributed by atoms with Crippen LogP contribution in [0.15, 0.2) is 29.3 Å². The largest absolute Gasteiger partial charge is 0.489 e. The Hall–Kier alpha value is -1.75. The third kappa shape index (κ3) is 5.13. The van der Waals surface area contributed by atoms with Crippen LogP contribution in [0.25, 0.3) is 0 Å². The molecule has 1 aromatic carbocycles. The van der Waals surface area contributed by atoms with Crippen LogP contribution in [0.1, 0.15) is 38.7 Å². The highest BCUT2D eigenvalue weighted by molar-refractivity contribution is 5.80. The van der Waals surface area contributed by atoms with Gasteiger partial charge in [0, 0.05) is 25.7 Å². The average molecular weight is 359 g/mol. The number of nitrogens with one attached hydrogen (secondary N) is 1. The number of benzene rings is 1. The van der Waals surface area contributed by atoms with Gasteiger partial charge in [0.05, 0.1) is 6.54 Å². The first-order chi connectivity index (χ1) is 12.7. The molecular weight excluding hydrogens is 324 g/mol. The summed E-state index contributed by atoms with van der Waals surface area (Å²) in [7, 11) is 0. The number of aryl methyl sites for hydroxylation is 1. The van der Waals surface area contributed by atoms with Gasteiger partial charge >= 0.3 is 0 Å². The van der Waals surface area contributed by atoms with Crippen molar-refractivity contribution in [2.75, 3.05) is 39.3 Å². The Bertz CT molecular complexity index is 597. The highest BCUT2D eigenvalue weighted by atomic mass is 16.5. The first-order valence-electron chi connectivity index (χ1n) is 10.2. The van der Waals surface area contributed by atoms with Crippen molar-refractivity contribution in [3.05, 3.63) is 29.8 Å². The molecule has 5 heteroatoms. The number of likely N-dealkylation sites (tertiary alicyclic amines) is 2. The molecule has 3 rings (SSSR count). The maximum Gasteiger partial charge on any atom is 0.194 e. The van der Waals surface area contributed by atoms with E-state index >= 15 is 0 Å². The fourth-order valence-electron chi connectivity index (χ4n) is 3.94. The predicted octanol–water partition coefficient (Wildman–Crippen LogP) is 2.90. The van der Waals surface area contributed by atoms with E-state index in [1.54, 1.807) is 0 Å². The van der Waals surface area contributed by atoms with E-state index < -0.39 is 0 Å². The first kappa shape index (κ1) is 19.0. The van der Waals surface area contributed by atoms with E-state index in [1.165, 1.54) is 37.9 Å². The summed E-state index contributed by atoms with van der Waals surface area (Å²) in [5.41, 5.74) is 1.22. The van der Waals surface area contributed by atoms with Crippen LogP contribution in [0.5, 0.6) is 5.75 Å². The first-order valence-corrected chi connectivity index (χ1v) is 10.2. The summed E-state index contributed by atoms with van der Waals surface area (Å²) >= 11 is 0.